The number of aromatic amines is 1. The largest absolute Gasteiger partial charge is 0.293 e. The number of rotatable bonds is 1. The highest BCUT2D eigenvalue weighted by Crippen LogP contribution is 1.90. The van der Waals surface area contributed by atoms with Crippen molar-refractivity contribution in [3.8, 4) is 0 Å². The molecule has 0 amide bonds. The smallest absolute Gasteiger partial charge is 0.177 e. The van der Waals surface area contributed by atoms with Gasteiger partial charge in [0.1, 0.15) is 5.69 Å². The number of nitrogens with zero attached hydrogens (tertiary/aromatic N) is 1. The van der Waals surface area contributed by atoms with Crippen LogP contribution in [0.4, 0.5) is 0 Å². The molecule has 0 bridgehead atoms. The SMILES string of the molecule is CC(=O)c1ccn[nH]1.Cl. The molecule has 0 aliphatic rings. The van der Waals surface area contributed by atoms with Crippen LogP contribution in [0.25, 0.3) is 0 Å². The molecule has 0 spiro atoms. The van der Waals surface area contributed by atoms with E-state index < -0.39 is 0 Å². The van der Waals surface area contributed by atoms with Crippen molar-refractivity contribution in [1.29, 1.82) is 0 Å². The van der Waals surface area contributed by atoms with Gasteiger partial charge in [0.15, 0.2) is 5.78 Å². The fourth-order valence-corrected chi connectivity index (χ4v) is 0.452. The van der Waals surface area contributed by atoms with E-state index in [1.807, 2.05) is 0 Å². The zero-order valence-corrected chi connectivity index (χ0v) is 5.73. The molecule has 9 heavy (non-hydrogen) atoms. The normalized spacial score (nSPS) is 8.11. The second-order valence-corrected chi connectivity index (χ2v) is 1.53. The van der Waals surface area contributed by atoms with Crippen molar-refractivity contribution in [2.24, 2.45) is 0 Å². The van der Waals surface area contributed by atoms with E-state index in [0.29, 0.717) is 5.69 Å². The maximum Gasteiger partial charge on any atom is 0.177 e. The summed E-state index contributed by atoms with van der Waals surface area (Å²) < 4.78 is 0. The quantitative estimate of drug-likeness (QED) is 0.602. The second kappa shape index (κ2) is 3.25. The number of aromatic nitrogens is 2. The van der Waals surface area contributed by atoms with Gasteiger partial charge in [-0.05, 0) is 6.07 Å². The molecule has 0 unspecified atom stereocenters. The summed E-state index contributed by atoms with van der Waals surface area (Å²) in [6.07, 6.45) is 1.55. The molecule has 0 atom stereocenters. The molecule has 0 aliphatic heterocycles. The van der Waals surface area contributed by atoms with Crippen LogP contribution in [0.2, 0.25) is 0 Å². The highest BCUT2D eigenvalue weighted by atomic mass is 35.5. The molecule has 0 aliphatic carbocycles. The van der Waals surface area contributed by atoms with Crippen LogP contribution < -0.4 is 0 Å². The van der Waals surface area contributed by atoms with Crippen molar-refractivity contribution in [2.75, 3.05) is 0 Å². The summed E-state index contributed by atoms with van der Waals surface area (Å²) in [7, 11) is 0. The standard InChI is InChI=1S/C5H6N2O.ClH/c1-4(8)5-2-3-6-7-5;/h2-3H,1H3,(H,6,7);1H. The summed E-state index contributed by atoms with van der Waals surface area (Å²) in [5.41, 5.74) is 0.560. The van der Waals surface area contributed by atoms with Crippen LogP contribution in [-0.4, -0.2) is 16.0 Å². The maximum atomic E-state index is 10.4. The van der Waals surface area contributed by atoms with Gasteiger partial charge in [-0.3, -0.25) is 9.89 Å². The van der Waals surface area contributed by atoms with Gasteiger partial charge in [-0.2, -0.15) is 5.10 Å². The monoisotopic (exact) mass is 146 g/mol. The van der Waals surface area contributed by atoms with Crippen molar-refractivity contribution < 1.29 is 4.79 Å². The Balaban J connectivity index is 0.000000640. The molecule has 1 heterocycles. The molecule has 1 rings (SSSR count). The molecule has 3 nitrogen and oxygen atoms in total. The van der Waals surface area contributed by atoms with Crippen molar-refractivity contribution in [3.63, 3.8) is 0 Å². The molecule has 0 saturated carbocycles. The van der Waals surface area contributed by atoms with E-state index in [1.54, 1.807) is 12.3 Å². The number of nitrogens with one attached hydrogen (secondary N) is 1. The predicted molar refractivity (Wildman–Crippen MR) is 35.8 cm³/mol. The van der Waals surface area contributed by atoms with Crippen molar-refractivity contribution in [1.82, 2.24) is 10.2 Å². The van der Waals surface area contributed by atoms with Gasteiger partial charge in [-0.15, -0.1) is 12.4 Å². The highest BCUT2D eigenvalue weighted by Gasteiger charge is 1.95. The zero-order chi connectivity index (χ0) is 5.98. The molecular formula is C5H7ClN2O. The first-order valence-corrected chi connectivity index (χ1v) is 2.31. The van der Waals surface area contributed by atoms with Crippen LogP contribution in [0.5, 0.6) is 0 Å². The van der Waals surface area contributed by atoms with Crippen molar-refractivity contribution in [3.05, 3.63) is 18.0 Å². The van der Waals surface area contributed by atoms with Gasteiger partial charge in [0.05, 0.1) is 0 Å². The van der Waals surface area contributed by atoms with Crippen LogP contribution in [-0.2, 0) is 0 Å². The predicted octanol–water partition coefficient (Wildman–Crippen LogP) is 1.03. The van der Waals surface area contributed by atoms with Crippen molar-refractivity contribution in [2.45, 2.75) is 6.92 Å². The Kier molecular flexibility index (Phi) is 2.95. The Morgan fingerprint density at radius 1 is 1.78 bits per heavy atom. The molecule has 50 valence electrons. The van der Waals surface area contributed by atoms with E-state index in [4.69, 9.17) is 0 Å². The van der Waals surface area contributed by atoms with E-state index in [1.165, 1.54) is 6.92 Å². The summed E-state index contributed by atoms with van der Waals surface area (Å²) in [4.78, 5) is 10.4. The number of carbonyl (C=O) groups excluding carboxylic acids is 1. The lowest BCUT2D eigenvalue weighted by molar-refractivity contribution is 0.101. The molecule has 0 saturated heterocycles. The average Bonchev–Trinajstić information content (AvgIpc) is 2.12. The number of hydrogen-bond donors (Lipinski definition) is 1. The third-order valence-electron chi connectivity index (χ3n) is 0.880. The minimum Gasteiger partial charge on any atom is -0.293 e. The molecule has 4 heteroatoms. The number of H-pyrrole nitrogens is 1. The fourth-order valence-electron chi connectivity index (χ4n) is 0.452. The summed E-state index contributed by atoms with van der Waals surface area (Å²) >= 11 is 0. The fraction of sp³-hybridized carbons (Fsp3) is 0.200. The van der Waals surface area contributed by atoms with Gasteiger partial charge in [-0.25, -0.2) is 0 Å². The Morgan fingerprint density at radius 2 is 2.44 bits per heavy atom. The maximum absolute atomic E-state index is 10.4. The minimum absolute atomic E-state index is 0. The Morgan fingerprint density at radius 3 is 2.67 bits per heavy atom. The summed E-state index contributed by atoms with van der Waals surface area (Å²) in [5, 5.41) is 6.13. The topological polar surface area (TPSA) is 45.8 Å². The van der Waals surface area contributed by atoms with Crippen LogP contribution in [0.1, 0.15) is 17.4 Å². The number of halogens is 1. The van der Waals surface area contributed by atoms with Crippen molar-refractivity contribution >= 4 is 18.2 Å². The van der Waals surface area contributed by atoms with Gasteiger partial charge in [0, 0.05) is 13.1 Å². The first-order chi connectivity index (χ1) is 3.80. The Bertz CT molecular complexity index is 183. The van der Waals surface area contributed by atoms with E-state index in [0.717, 1.165) is 0 Å². The van der Waals surface area contributed by atoms with E-state index in [9.17, 15) is 4.79 Å². The molecule has 0 fully saturated rings. The summed E-state index contributed by atoms with van der Waals surface area (Å²) in [5.74, 6) is 0.0162. The van der Waals surface area contributed by atoms with Gasteiger partial charge < -0.3 is 0 Å². The number of ketones is 1. The molecule has 1 aromatic heterocycles. The lowest BCUT2D eigenvalue weighted by atomic mass is 10.3. The Labute approximate surface area is 58.9 Å². The first-order valence-electron chi connectivity index (χ1n) is 2.31. The third-order valence-corrected chi connectivity index (χ3v) is 0.880. The number of hydrogen-bond acceptors (Lipinski definition) is 2. The number of Topliss-reactive ketones (excluding diaryl/α,β-unsaturated/α-hetero) is 1. The van der Waals surface area contributed by atoms with Crippen LogP contribution in [0, 0.1) is 0 Å². The molecule has 1 aromatic rings. The lowest BCUT2D eigenvalue weighted by Gasteiger charge is -1.80. The zero-order valence-electron chi connectivity index (χ0n) is 4.92. The molecular weight excluding hydrogens is 140 g/mol. The second-order valence-electron chi connectivity index (χ2n) is 1.53. The average molecular weight is 147 g/mol. The highest BCUT2D eigenvalue weighted by molar-refractivity contribution is 5.91. The van der Waals surface area contributed by atoms with E-state index >= 15 is 0 Å². The summed E-state index contributed by atoms with van der Waals surface area (Å²) in [6, 6.07) is 1.64. The molecule has 1 N–H and O–H groups in total. The van der Waals surface area contributed by atoms with Gasteiger partial charge in [-0.1, -0.05) is 0 Å². The first kappa shape index (κ1) is 8.17. The van der Waals surface area contributed by atoms with Crippen LogP contribution in [0.3, 0.4) is 0 Å². The molecule has 0 aromatic carbocycles. The van der Waals surface area contributed by atoms with Gasteiger partial charge in [0.25, 0.3) is 0 Å². The number of carbonyl (C=O) groups is 1. The van der Waals surface area contributed by atoms with Gasteiger partial charge in [0.2, 0.25) is 0 Å². The minimum atomic E-state index is 0. The lowest BCUT2D eigenvalue weighted by Crippen LogP contribution is -1.90. The van der Waals surface area contributed by atoms with E-state index in [2.05, 4.69) is 10.2 Å². The van der Waals surface area contributed by atoms with E-state index in [-0.39, 0.29) is 18.2 Å². The third kappa shape index (κ3) is 1.85. The van der Waals surface area contributed by atoms with Crippen LogP contribution in [0.15, 0.2) is 12.3 Å². The molecule has 0 radical (unpaired) electrons. The Hall–Kier alpha value is -0.830. The van der Waals surface area contributed by atoms with Crippen LogP contribution >= 0.6 is 12.4 Å². The summed E-state index contributed by atoms with van der Waals surface area (Å²) in [6.45, 7) is 1.49. The van der Waals surface area contributed by atoms with Gasteiger partial charge >= 0.3 is 0 Å².